The predicted octanol–water partition coefficient (Wildman–Crippen LogP) is 3.65. The van der Waals surface area contributed by atoms with Crippen LogP contribution < -0.4 is 4.90 Å². The highest BCUT2D eigenvalue weighted by molar-refractivity contribution is 9.10. The first-order chi connectivity index (χ1) is 11.1. The van der Waals surface area contributed by atoms with Gasteiger partial charge in [0.2, 0.25) is 5.91 Å². The van der Waals surface area contributed by atoms with Crippen LogP contribution in [0.25, 0.3) is 0 Å². The normalized spacial score (nSPS) is 14.9. The molecule has 3 nitrogen and oxygen atoms in total. The highest BCUT2D eigenvalue weighted by Gasteiger charge is 2.22. The number of hydrogen-bond donors (Lipinski definition) is 0. The molecule has 1 aliphatic heterocycles. The third-order valence-corrected chi connectivity index (χ3v) is 4.91. The van der Waals surface area contributed by atoms with Crippen LogP contribution in [0.3, 0.4) is 0 Å². The zero-order valence-corrected chi connectivity index (χ0v) is 14.9. The van der Waals surface area contributed by atoms with Gasteiger partial charge in [-0.3, -0.25) is 4.79 Å². The van der Waals surface area contributed by atoms with Gasteiger partial charge in [0.25, 0.3) is 0 Å². The average molecular weight is 373 g/mol. The molecule has 0 aromatic heterocycles. The maximum Gasteiger partial charge on any atom is 0.227 e. The fraction of sp³-hybridized carbons (Fsp3) is 0.316. The first-order valence-corrected chi connectivity index (χ1v) is 8.75. The number of halogens is 1. The van der Waals surface area contributed by atoms with Crippen molar-refractivity contribution in [2.75, 3.05) is 31.1 Å². The molecular formula is C19H21BrN2O. The van der Waals surface area contributed by atoms with Crippen LogP contribution in [0.15, 0.2) is 53.0 Å². The number of rotatable bonds is 3. The summed E-state index contributed by atoms with van der Waals surface area (Å²) in [5.74, 6) is 0.221. The molecule has 0 radical (unpaired) electrons. The lowest BCUT2D eigenvalue weighted by atomic mass is 10.1. The monoisotopic (exact) mass is 372 g/mol. The van der Waals surface area contributed by atoms with Crippen molar-refractivity contribution in [1.82, 2.24) is 4.90 Å². The minimum atomic E-state index is 0.221. The summed E-state index contributed by atoms with van der Waals surface area (Å²) in [6.07, 6.45) is 0.495. The Bertz CT molecular complexity index is 679. The largest absolute Gasteiger partial charge is 0.367 e. The highest BCUT2D eigenvalue weighted by atomic mass is 79.9. The van der Waals surface area contributed by atoms with E-state index in [1.807, 2.05) is 35.2 Å². The number of anilines is 1. The lowest BCUT2D eigenvalue weighted by molar-refractivity contribution is -0.130. The molecule has 4 heteroatoms. The smallest absolute Gasteiger partial charge is 0.227 e. The molecule has 0 aliphatic carbocycles. The molecule has 3 rings (SSSR count). The van der Waals surface area contributed by atoms with E-state index >= 15 is 0 Å². The standard InChI is InChI=1S/C19H21BrN2O/c1-15-7-8-18(17(20)13-15)21-9-11-22(12-10-21)19(23)14-16-5-3-2-4-6-16/h2-8,13H,9-12,14H2,1H3. The van der Waals surface area contributed by atoms with E-state index < -0.39 is 0 Å². The zero-order valence-electron chi connectivity index (χ0n) is 13.3. The molecule has 1 heterocycles. The molecule has 0 N–H and O–H groups in total. The average Bonchev–Trinajstić information content (AvgIpc) is 2.56. The van der Waals surface area contributed by atoms with Crippen LogP contribution in [0.5, 0.6) is 0 Å². The van der Waals surface area contributed by atoms with Crippen LogP contribution in [0.4, 0.5) is 5.69 Å². The second-order valence-corrected chi connectivity index (χ2v) is 6.84. The second kappa shape index (κ2) is 7.18. The molecule has 0 spiro atoms. The molecule has 0 bridgehead atoms. The van der Waals surface area contributed by atoms with Gasteiger partial charge in [-0.05, 0) is 46.1 Å². The number of amides is 1. The maximum atomic E-state index is 12.4. The minimum Gasteiger partial charge on any atom is -0.367 e. The van der Waals surface area contributed by atoms with Gasteiger partial charge in [0.15, 0.2) is 0 Å². The Morgan fingerprint density at radius 1 is 1.04 bits per heavy atom. The van der Waals surface area contributed by atoms with Gasteiger partial charge < -0.3 is 9.80 Å². The Labute approximate surface area is 146 Å². The number of aryl methyl sites for hydroxylation is 1. The summed E-state index contributed by atoms with van der Waals surface area (Å²) < 4.78 is 1.13. The Hall–Kier alpha value is -1.81. The van der Waals surface area contributed by atoms with Crippen molar-refractivity contribution in [3.05, 3.63) is 64.1 Å². The molecule has 1 amide bonds. The number of piperazine rings is 1. The molecule has 1 fully saturated rings. The van der Waals surface area contributed by atoms with Crippen LogP contribution in [-0.2, 0) is 11.2 Å². The van der Waals surface area contributed by atoms with Gasteiger partial charge >= 0.3 is 0 Å². The van der Waals surface area contributed by atoms with E-state index in [-0.39, 0.29) is 5.91 Å². The summed E-state index contributed by atoms with van der Waals surface area (Å²) in [4.78, 5) is 16.7. The van der Waals surface area contributed by atoms with Crippen molar-refractivity contribution < 1.29 is 4.79 Å². The van der Waals surface area contributed by atoms with Crippen LogP contribution >= 0.6 is 15.9 Å². The Balaban J connectivity index is 1.59. The third kappa shape index (κ3) is 3.94. The quantitative estimate of drug-likeness (QED) is 0.820. The van der Waals surface area contributed by atoms with E-state index in [2.05, 4.69) is 46.0 Å². The van der Waals surface area contributed by atoms with Crippen LogP contribution in [0, 0.1) is 6.92 Å². The summed E-state index contributed by atoms with van der Waals surface area (Å²) in [5.41, 5.74) is 3.55. The molecule has 1 aliphatic rings. The number of hydrogen-bond acceptors (Lipinski definition) is 2. The fourth-order valence-corrected chi connectivity index (χ4v) is 3.69. The van der Waals surface area contributed by atoms with E-state index in [1.165, 1.54) is 11.3 Å². The van der Waals surface area contributed by atoms with Crippen molar-refractivity contribution in [2.45, 2.75) is 13.3 Å². The summed E-state index contributed by atoms with van der Waals surface area (Å²) in [6, 6.07) is 16.4. The SMILES string of the molecule is Cc1ccc(N2CCN(C(=O)Cc3ccccc3)CC2)c(Br)c1. The fourth-order valence-electron chi connectivity index (χ4n) is 2.95. The van der Waals surface area contributed by atoms with Crippen LogP contribution in [0.2, 0.25) is 0 Å². The second-order valence-electron chi connectivity index (χ2n) is 5.99. The Morgan fingerprint density at radius 3 is 2.39 bits per heavy atom. The molecule has 0 unspecified atom stereocenters. The van der Waals surface area contributed by atoms with Gasteiger partial charge in [-0.2, -0.15) is 0 Å². The summed E-state index contributed by atoms with van der Waals surface area (Å²) in [5, 5.41) is 0. The van der Waals surface area contributed by atoms with Gasteiger partial charge in [-0.25, -0.2) is 0 Å². The minimum absolute atomic E-state index is 0.221. The van der Waals surface area contributed by atoms with Crippen molar-refractivity contribution in [3.8, 4) is 0 Å². The van der Waals surface area contributed by atoms with Crippen LogP contribution in [-0.4, -0.2) is 37.0 Å². The molecule has 2 aromatic carbocycles. The topological polar surface area (TPSA) is 23.6 Å². The Morgan fingerprint density at radius 2 is 1.74 bits per heavy atom. The van der Waals surface area contributed by atoms with Gasteiger partial charge in [0, 0.05) is 30.7 Å². The van der Waals surface area contributed by atoms with Crippen molar-refractivity contribution in [1.29, 1.82) is 0 Å². The molecular weight excluding hydrogens is 352 g/mol. The van der Waals surface area contributed by atoms with E-state index in [1.54, 1.807) is 0 Å². The van der Waals surface area contributed by atoms with Gasteiger partial charge in [-0.15, -0.1) is 0 Å². The lowest BCUT2D eigenvalue weighted by Crippen LogP contribution is -2.49. The number of nitrogens with zero attached hydrogens (tertiary/aromatic N) is 2. The van der Waals surface area contributed by atoms with Crippen molar-refractivity contribution in [2.24, 2.45) is 0 Å². The summed E-state index contributed by atoms with van der Waals surface area (Å²) in [7, 11) is 0. The van der Waals surface area contributed by atoms with Gasteiger partial charge in [0.05, 0.1) is 12.1 Å². The van der Waals surface area contributed by atoms with E-state index in [9.17, 15) is 4.79 Å². The maximum absolute atomic E-state index is 12.4. The van der Waals surface area contributed by atoms with E-state index in [0.29, 0.717) is 6.42 Å². The summed E-state index contributed by atoms with van der Waals surface area (Å²) in [6.45, 7) is 5.41. The molecule has 23 heavy (non-hydrogen) atoms. The predicted molar refractivity (Wildman–Crippen MR) is 97.8 cm³/mol. The third-order valence-electron chi connectivity index (χ3n) is 4.27. The first-order valence-electron chi connectivity index (χ1n) is 7.96. The van der Waals surface area contributed by atoms with Crippen LogP contribution in [0.1, 0.15) is 11.1 Å². The molecule has 0 saturated carbocycles. The molecule has 2 aromatic rings. The molecule has 0 atom stereocenters. The van der Waals surface area contributed by atoms with E-state index in [4.69, 9.17) is 0 Å². The molecule has 120 valence electrons. The number of benzene rings is 2. The van der Waals surface area contributed by atoms with Crippen molar-refractivity contribution in [3.63, 3.8) is 0 Å². The number of carbonyl (C=O) groups is 1. The number of carbonyl (C=O) groups excluding carboxylic acids is 1. The first kappa shape index (κ1) is 16.1. The Kier molecular flexibility index (Phi) is 5.01. The van der Waals surface area contributed by atoms with Gasteiger partial charge in [-0.1, -0.05) is 36.4 Å². The van der Waals surface area contributed by atoms with Gasteiger partial charge in [0.1, 0.15) is 0 Å². The molecule has 1 saturated heterocycles. The highest BCUT2D eigenvalue weighted by Crippen LogP contribution is 2.28. The van der Waals surface area contributed by atoms with E-state index in [0.717, 1.165) is 36.2 Å². The lowest BCUT2D eigenvalue weighted by Gasteiger charge is -2.36. The summed E-state index contributed by atoms with van der Waals surface area (Å²) >= 11 is 3.65. The zero-order chi connectivity index (χ0) is 16.2. The van der Waals surface area contributed by atoms with Crippen molar-refractivity contribution >= 4 is 27.5 Å².